The summed E-state index contributed by atoms with van der Waals surface area (Å²) in [5.74, 6) is -1.80. The Labute approximate surface area is 243 Å². The van der Waals surface area contributed by atoms with Gasteiger partial charge in [0.15, 0.2) is 5.01 Å². The Morgan fingerprint density at radius 3 is 2.41 bits per heavy atom. The van der Waals surface area contributed by atoms with E-state index in [1.54, 1.807) is 20.8 Å². The lowest BCUT2D eigenvalue weighted by Gasteiger charge is -2.32. The third-order valence-electron chi connectivity index (χ3n) is 7.46. The average Bonchev–Trinajstić information content (AvgIpc) is 3.24. The Morgan fingerprint density at radius 1 is 1.17 bits per heavy atom. The van der Waals surface area contributed by atoms with Crippen molar-refractivity contribution in [1.29, 1.82) is 0 Å². The van der Waals surface area contributed by atoms with E-state index < -0.39 is 40.0 Å². The summed E-state index contributed by atoms with van der Waals surface area (Å²) in [6, 6.07) is 2.52. The van der Waals surface area contributed by atoms with Crippen LogP contribution in [0.2, 0.25) is 0 Å². The van der Waals surface area contributed by atoms with E-state index in [1.165, 1.54) is 19.1 Å². The van der Waals surface area contributed by atoms with Crippen LogP contribution in [0.3, 0.4) is 0 Å². The number of hydrogen-bond donors (Lipinski definition) is 3. The SMILES string of the molecule is Cc1c(S(=O)(=O)NC(C)(C)C)ccc(-c2sc(C(=O)N[C@H]3C[C@H](C(=O)O)C3)nc2CC2CCCCC2)c1OC(F)F. The zero-order chi connectivity index (χ0) is 30.1. The second-order valence-corrected chi connectivity index (χ2v) is 14.6. The number of rotatable bonds is 10. The summed E-state index contributed by atoms with van der Waals surface area (Å²) in [6.45, 7) is 3.25. The third kappa shape index (κ3) is 7.61. The Kier molecular flexibility index (Phi) is 9.39. The van der Waals surface area contributed by atoms with Crippen molar-refractivity contribution in [3.63, 3.8) is 0 Å². The number of nitrogens with one attached hydrogen (secondary N) is 2. The molecule has 1 aromatic heterocycles. The number of alkyl halides is 2. The Morgan fingerprint density at radius 2 is 1.83 bits per heavy atom. The predicted octanol–water partition coefficient (Wildman–Crippen LogP) is 5.51. The number of carbonyl (C=O) groups excluding carboxylic acids is 1. The molecule has 0 radical (unpaired) electrons. The number of nitrogens with zero attached hydrogens (tertiary/aromatic N) is 1. The molecule has 2 aliphatic rings. The van der Waals surface area contributed by atoms with Gasteiger partial charge in [-0.05, 0) is 65.0 Å². The van der Waals surface area contributed by atoms with E-state index >= 15 is 0 Å². The summed E-state index contributed by atoms with van der Waals surface area (Å²) >= 11 is 1.04. The van der Waals surface area contributed by atoms with Gasteiger partial charge in [-0.1, -0.05) is 32.1 Å². The fraction of sp³-hybridized carbons (Fsp3) is 0.607. The van der Waals surface area contributed by atoms with Gasteiger partial charge in [0.25, 0.3) is 5.91 Å². The fourth-order valence-electron chi connectivity index (χ4n) is 5.49. The molecule has 2 fully saturated rings. The quantitative estimate of drug-likeness (QED) is 0.322. The van der Waals surface area contributed by atoms with Gasteiger partial charge in [-0.15, -0.1) is 11.3 Å². The van der Waals surface area contributed by atoms with E-state index in [9.17, 15) is 26.8 Å². The van der Waals surface area contributed by atoms with Crippen LogP contribution in [0.25, 0.3) is 10.4 Å². The van der Waals surface area contributed by atoms with E-state index in [4.69, 9.17) is 9.84 Å². The largest absolute Gasteiger partial charge is 0.481 e. The number of sulfonamides is 1. The molecule has 226 valence electrons. The lowest BCUT2D eigenvalue weighted by Crippen LogP contribution is -2.46. The van der Waals surface area contributed by atoms with Crippen LogP contribution in [0.1, 0.15) is 86.8 Å². The van der Waals surface area contributed by atoms with Gasteiger partial charge in [0.2, 0.25) is 10.0 Å². The normalized spacial score (nSPS) is 20.1. The lowest BCUT2D eigenvalue weighted by molar-refractivity contribution is -0.145. The number of hydrogen-bond acceptors (Lipinski definition) is 7. The van der Waals surface area contributed by atoms with Gasteiger partial charge in [-0.25, -0.2) is 18.1 Å². The Bertz CT molecular complexity index is 1390. The van der Waals surface area contributed by atoms with Crippen molar-refractivity contribution in [3.05, 3.63) is 28.4 Å². The molecule has 3 N–H and O–H groups in total. The molecule has 13 heteroatoms. The van der Waals surface area contributed by atoms with Crippen LogP contribution in [0.5, 0.6) is 5.75 Å². The van der Waals surface area contributed by atoms with Gasteiger partial charge in [0.05, 0.1) is 21.4 Å². The van der Waals surface area contributed by atoms with Gasteiger partial charge >= 0.3 is 12.6 Å². The van der Waals surface area contributed by atoms with Gasteiger partial charge in [-0.2, -0.15) is 8.78 Å². The number of carboxylic acids is 1. The highest BCUT2D eigenvalue weighted by molar-refractivity contribution is 7.89. The molecule has 0 aliphatic heterocycles. The van der Waals surface area contributed by atoms with Crippen molar-refractivity contribution >= 4 is 33.2 Å². The molecule has 0 atom stereocenters. The zero-order valence-corrected chi connectivity index (χ0v) is 25.3. The zero-order valence-electron chi connectivity index (χ0n) is 23.6. The number of aliphatic carboxylic acids is 1. The summed E-state index contributed by atoms with van der Waals surface area (Å²) in [5.41, 5.74) is 0.0447. The van der Waals surface area contributed by atoms with E-state index in [-0.39, 0.29) is 32.8 Å². The summed E-state index contributed by atoms with van der Waals surface area (Å²) in [5, 5.41) is 12.1. The molecule has 1 aromatic carbocycles. The first-order valence-corrected chi connectivity index (χ1v) is 16.1. The van der Waals surface area contributed by atoms with Crippen LogP contribution in [-0.4, -0.2) is 48.6 Å². The minimum Gasteiger partial charge on any atom is -0.481 e. The van der Waals surface area contributed by atoms with Gasteiger partial charge in [0, 0.05) is 22.7 Å². The average molecular weight is 614 g/mol. The maximum Gasteiger partial charge on any atom is 0.387 e. The molecule has 0 spiro atoms. The number of halogens is 2. The molecule has 0 unspecified atom stereocenters. The van der Waals surface area contributed by atoms with Crippen molar-refractivity contribution in [2.75, 3.05) is 0 Å². The van der Waals surface area contributed by atoms with Crippen LogP contribution in [0.15, 0.2) is 17.0 Å². The van der Waals surface area contributed by atoms with E-state index in [2.05, 4.69) is 15.0 Å². The van der Waals surface area contributed by atoms with Crippen LogP contribution in [-0.2, 0) is 21.2 Å². The first-order chi connectivity index (χ1) is 19.1. The molecule has 1 amide bonds. The molecule has 4 rings (SSSR count). The second kappa shape index (κ2) is 12.3. The van der Waals surface area contributed by atoms with Crippen molar-refractivity contribution < 1.29 is 36.6 Å². The molecule has 1 heterocycles. The Balaban J connectivity index is 1.74. The van der Waals surface area contributed by atoms with Gasteiger partial charge < -0.3 is 15.2 Å². The molecule has 0 bridgehead atoms. The second-order valence-electron chi connectivity index (χ2n) is 12.0. The number of aromatic nitrogens is 1. The van der Waals surface area contributed by atoms with Crippen molar-refractivity contribution in [2.24, 2.45) is 11.8 Å². The predicted molar refractivity (Wildman–Crippen MR) is 151 cm³/mol. The number of benzene rings is 1. The number of carbonyl (C=O) groups is 2. The minimum atomic E-state index is -4.06. The molecule has 2 aromatic rings. The molecule has 0 saturated heterocycles. The van der Waals surface area contributed by atoms with Gasteiger partial charge in [-0.3, -0.25) is 9.59 Å². The number of amides is 1. The molecule has 9 nitrogen and oxygen atoms in total. The highest BCUT2D eigenvalue weighted by Crippen LogP contribution is 2.43. The third-order valence-corrected chi connectivity index (χ3v) is 10.5. The van der Waals surface area contributed by atoms with Gasteiger partial charge in [0.1, 0.15) is 5.75 Å². The topological polar surface area (TPSA) is 135 Å². The number of ether oxygens (including phenoxy) is 1. The monoisotopic (exact) mass is 613 g/mol. The Hall–Kier alpha value is -2.64. The van der Waals surface area contributed by atoms with E-state index in [0.717, 1.165) is 43.4 Å². The first kappa shape index (κ1) is 31.3. The maximum absolute atomic E-state index is 13.7. The van der Waals surface area contributed by atoms with Crippen molar-refractivity contribution in [1.82, 2.24) is 15.0 Å². The fourth-order valence-corrected chi connectivity index (χ4v) is 8.17. The van der Waals surface area contributed by atoms with E-state index in [0.29, 0.717) is 35.8 Å². The first-order valence-electron chi connectivity index (χ1n) is 13.8. The van der Waals surface area contributed by atoms with Crippen LogP contribution in [0, 0.1) is 18.8 Å². The molecule has 2 aliphatic carbocycles. The van der Waals surface area contributed by atoms with Crippen LogP contribution in [0.4, 0.5) is 8.78 Å². The summed E-state index contributed by atoms with van der Waals surface area (Å²) < 4.78 is 61.1. The molecule has 41 heavy (non-hydrogen) atoms. The number of thiazole rings is 1. The van der Waals surface area contributed by atoms with Crippen LogP contribution >= 0.6 is 11.3 Å². The van der Waals surface area contributed by atoms with Crippen LogP contribution < -0.4 is 14.8 Å². The van der Waals surface area contributed by atoms with Crippen molar-refractivity contribution in [2.45, 2.75) is 102 Å². The minimum absolute atomic E-state index is 0.0248. The standard InChI is InChI=1S/C28H37F2N3O6S2/c1-15-21(41(37,38)33-28(2,3)4)11-10-19(22(15)39-27(29)30)23-20(12-16-8-6-5-7-9-16)32-25(40-23)24(34)31-18-13-17(14-18)26(35)36/h10-11,16-18,27,33H,5-9,12-14H2,1-4H3,(H,31,34)(H,35,36)/t17-,18-. The summed E-state index contributed by atoms with van der Waals surface area (Å²) in [6.07, 6.45) is 6.50. The summed E-state index contributed by atoms with van der Waals surface area (Å²) in [4.78, 5) is 29.2. The highest BCUT2D eigenvalue weighted by Gasteiger charge is 2.36. The lowest BCUT2D eigenvalue weighted by atomic mass is 9.80. The highest BCUT2D eigenvalue weighted by atomic mass is 32.2. The maximum atomic E-state index is 13.7. The van der Waals surface area contributed by atoms with E-state index in [1.807, 2.05) is 0 Å². The van der Waals surface area contributed by atoms with Crippen molar-refractivity contribution in [3.8, 4) is 16.2 Å². The summed E-state index contributed by atoms with van der Waals surface area (Å²) in [7, 11) is -4.06. The smallest absolute Gasteiger partial charge is 0.387 e. The molecular formula is C28H37F2N3O6S2. The number of carboxylic acid groups (broad SMARTS) is 1. The molecule has 2 saturated carbocycles. The molecular weight excluding hydrogens is 576 g/mol.